The molecule has 0 fully saturated rings. The Bertz CT molecular complexity index is 154. The van der Waals surface area contributed by atoms with Gasteiger partial charge in [-0.3, -0.25) is 4.79 Å². The lowest BCUT2D eigenvalue weighted by Gasteiger charge is -1.99. The summed E-state index contributed by atoms with van der Waals surface area (Å²) >= 11 is 0. The molecule has 0 heterocycles. The standard InChI is InChI=1S/2C8H18O.C2H4O2/c2*1-3-5-7-9-8-6-4-2;1-2(3)4/h2*3-8H2,1-2H3;1H3,(H,3,4). The van der Waals surface area contributed by atoms with E-state index in [1.807, 2.05) is 0 Å². The van der Waals surface area contributed by atoms with Gasteiger partial charge in [0, 0.05) is 33.4 Å². The Hall–Kier alpha value is -0.610. The van der Waals surface area contributed by atoms with Crippen molar-refractivity contribution in [3.05, 3.63) is 0 Å². The highest BCUT2D eigenvalue weighted by Gasteiger charge is 1.85. The summed E-state index contributed by atoms with van der Waals surface area (Å²) in [5.41, 5.74) is 0. The molecule has 0 bridgehead atoms. The maximum atomic E-state index is 9.00. The van der Waals surface area contributed by atoms with Gasteiger partial charge in [0.1, 0.15) is 0 Å². The molecule has 136 valence electrons. The van der Waals surface area contributed by atoms with Crippen molar-refractivity contribution in [1.82, 2.24) is 0 Å². The van der Waals surface area contributed by atoms with Gasteiger partial charge < -0.3 is 14.6 Å². The average Bonchev–Trinajstić information content (AvgIpc) is 2.47. The van der Waals surface area contributed by atoms with Gasteiger partial charge in [-0.05, 0) is 25.7 Å². The van der Waals surface area contributed by atoms with Crippen molar-refractivity contribution in [3.63, 3.8) is 0 Å². The highest BCUT2D eigenvalue weighted by atomic mass is 16.5. The van der Waals surface area contributed by atoms with E-state index in [0.29, 0.717) is 0 Å². The van der Waals surface area contributed by atoms with Crippen LogP contribution in [0.3, 0.4) is 0 Å². The van der Waals surface area contributed by atoms with Crippen LogP contribution in [0.4, 0.5) is 0 Å². The molecule has 0 spiro atoms. The minimum absolute atomic E-state index is 0.833. The van der Waals surface area contributed by atoms with Crippen LogP contribution in [0.5, 0.6) is 0 Å². The summed E-state index contributed by atoms with van der Waals surface area (Å²) in [6, 6.07) is 0. The van der Waals surface area contributed by atoms with Gasteiger partial charge in [0.15, 0.2) is 0 Å². The number of carboxylic acid groups (broad SMARTS) is 1. The van der Waals surface area contributed by atoms with Crippen LogP contribution < -0.4 is 0 Å². The van der Waals surface area contributed by atoms with Crippen LogP contribution in [0.1, 0.15) is 86.0 Å². The molecule has 0 aromatic heterocycles. The smallest absolute Gasteiger partial charge is 0.300 e. The quantitative estimate of drug-likeness (QED) is 0.496. The number of unbranched alkanes of at least 4 members (excludes halogenated alkanes) is 4. The summed E-state index contributed by atoms with van der Waals surface area (Å²) in [7, 11) is 0. The molecule has 0 aliphatic rings. The predicted molar refractivity (Wildman–Crippen MR) is 94.6 cm³/mol. The van der Waals surface area contributed by atoms with Gasteiger partial charge in [-0.25, -0.2) is 0 Å². The van der Waals surface area contributed by atoms with Crippen molar-refractivity contribution in [2.75, 3.05) is 26.4 Å². The Morgan fingerprint density at radius 1 is 0.682 bits per heavy atom. The first-order valence-corrected chi connectivity index (χ1v) is 8.91. The van der Waals surface area contributed by atoms with Crippen molar-refractivity contribution in [1.29, 1.82) is 0 Å². The highest BCUT2D eigenvalue weighted by molar-refractivity contribution is 5.62. The average molecular weight is 321 g/mol. The van der Waals surface area contributed by atoms with Gasteiger partial charge >= 0.3 is 0 Å². The number of aliphatic carboxylic acids is 1. The zero-order valence-corrected chi connectivity index (χ0v) is 15.7. The molecule has 0 atom stereocenters. The summed E-state index contributed by atoms with van der Waals surface area (Å²) in [6.07, 6.45) is 9.82. The zero-order valence-electron chi connectivity index (χ0n) is 15.7. The molecule has 0 rings (SSSR count). The van der Waals surface area contributed by atoms with Crippen molar-refractivity contribution >= 4 is 5.97 Å². The fourth-order valence-electron chi connectivity index (χ4n) is 1.19. The van der Waals surface area contributed by atoms with Crippen molar-refractivity contribution in [3.8, 4) is 0 Å². The van der Waals surface area contributed by atoms with Gasteiger partial charge in [-0.2, -0.15) is 0 Å². The zero-order chi connectivity index (χ0) is 17.5. The molecule has 0 saturated heterocycles. The Morgan fingerprint density at radius 3 is 1.00 bits per heavy atom. The van der Waals surface area contributed by atoms with E-state index >= 15 is 0 Å². The topological polar surface area (TPSA) is 55.8 Å². The Balaban J connectivity index is -0.000000266. The molecule has 0 aliphatic carbocycles. The Kier molecular flexibility index (Phi) is 34.1. The second kappa shape index (κ2) is 28.5. The SMILES string of the molecule is CC(=O)O.CCCCOCCCC.CCCCOCCCC. The van der Waals surface area contributed by atoms with Gasteiger partial charge in [0.2, 0.25) is 0 Å². The Labute approximate surface area is 138 Å². The predicted octanol–water partition coefficient (Wildman–Crippen LogP) is 5.30. The van der Waals surface area contributed by atoms with Gasteiger partial charge in [-0.1, -0.05) is 53.4 Å². The number of hydrogen-bond donors (Lipinski definition) is 1. The molecule has 0 aromatic carbocycles. The molecular weight excluding hydrogens is 280 g/mol. The van der Waals surface area contributed by atoms with Crippen LogP contribution in [0.25, 0.3) is 0 Å². The maximum Gasteiger partial charge on any atom is 0.300 e. The molecular formula is C18H40O4. The molecule has 4 heteroatoms. The lowest BCUT2D eigenvalue weighted by molar-refractivity contribution is -0.134. The minimum Gasteiger partial charge on any atom is -0.481 e. The van der Waals surface area contributed by atoms with Crippen LogP contribution in [0, 0.1) is 0 Å². The van der Waals surface area contributed by atoms with E-state index in [9.17, 15) is 0 Å². The van der Waals surface area contributed by atoms with E-state index in [0.717, 1.165) is 33.4 Å². The summed E-state index contributed by atoms with van der Waals surface area (Å²) < 4.78 is 10.6. The van der Waals surface area contributed by atoms with Crippen LogP contribution >= 0.6 is 0 Å². The van der Waals surface area contributed by atoms with E-state index in [1.54, 1.807) is 0 Å². The lowest BCUT2D eigenvalue weighted by Crippen LogP contribution is -1.95. The molecule has 0 amide bonds. The van der Waals surface area contributed by atoms with Crippen molar-refractivity contribution in [2.45, 2.75) is 86.0 Å². The number of carbonyl (C=O) groups is 1. The first-order valence-electron chi connectivity index (χ1n) is 8.91. The third kappa shape index (κ3) is 50.5. The fraction of sp³-hybridized carbons (Fsp3) is 0.944. The van der Waals surface area contributed by atoms with E-state index in [2.05, 4.69) is 27.7 Å². The monoisotopic (exact) mass is 320 g/mol. The molecule has 0 radical (unpaired) electrons. The molecule has 0 unspecified atom stereocenters. The maximum absolute atomic E-state index is 9.00. The van der Waals surface area contributed by atoms with Crippen LogP contribution in [0.2, 0.25) is 0 Å². The Morgan fingerprint density at radius 2 is 0.864 bits per heavy atom. The largest absolute Gasteiger partial charge is 0.481 e. The second-order valence-electron chi connectivity index (χ2n) is 5.16. The summed E-state index contributed by atoms with van der Waals surface area (Å²) in [5.74, 6) is -0.833. The third-order valence-corrected chi connectivity index (χ3v) is 2.57. The van der Waals surface area contributed by atoms with Gasteiger partial charge in [-0.15, -0.1) is 0 Å². The lowest BCUT2D eigenvalue weighted by atomic mass is 10.3. The summed E-state index contributed by atoms with van der Waals surface area (Å²) in [4.78, 5) is 9.00. The first kappa shape index (κ1) is 26.3. The van der Waals surface area contributed by atoms with Crippen LogP contribution in [0.15, 0.2) is 0 Å². The molecule has 0 saturated carbocycles. The van der Waals surface area contributed by atoms with E-state index in [1.165, 1.54) is 51.4 Å². The summed E-state index contributed by atoms with van der Waals surface area (Å²) in [6.45, 7) is 13.6. The molecule has 4 nitrogen and oxygen atoms in total. The van der Waals surface area contributed by atoms with Crippen LogP contribution in [-0.2, 0) is 14.3 Å². The third-order valence-electron chi connectivity index (χ3n) is 2.57. The van der Waals surface area contributed by atoms with Gasteiger partial charge in [0.25, 0.3) is 5.97 Å². The van der Waals surface area contributed by atoms with Crippen LogP contribution in [-0.4, -0.2) is 37.5 Å². The van der Waals surface area contributed by atoms with Gasteiger partial charge in [0.05, 0.1) is 0 Å². The molecule has 1 N–H and O–H groups in total. The highest BCUT2D eigenvalue weighted by Crippen LogP contribution is 1.92. The number of rotatable bonds is 12. The summed E-state index contributed by atoms with van der Waals surface area (Å²) in [5, 5.41) is 7.42. The molecule has 22 heavy (non-hydrogen) atoms. The fourth-order valence-corrected chi connectivity index (χ4v) is 1.19. The van der Waals surface area contributed by atoms with E-state index in [4.69, 9.17) is 19.4 Å². The second-order valence-corrected chi connectivity index (χ2v) is 5.16. The number of ether oxygens (including phenoxy) is 2. The number of carboxylic acids is 1. The van der Waals surface area contributed by atoms with E-state index in [-0.39, 0.29) is 0 Å². The van der Waals surface area contributed by atoms with E-state index < -0.39 is 5.97 Å². The molecule has 0 aliphatic heterocycles. The van der Waals surface area contributed by atoms with Crippen molar-refractivity contribution < 1.29 is 19.4 Å². The van der Waals surface area contributed by atoms with Crippen molar-refractivity contribution in [2.24, 2.45) is 0 Å². The normalized spacial score (nSPS) is 9.32. The first-order chi connectivity index (χ1) is 10.6. The number of hydrogen-bond acceptors (Lipinski definition) is 3. The minimum atomic E-state index is -0.833. The molecule has 0 aromatic rings.